The summed E-state index contributed by atoms with van der Waals surface area (Å²) in [5.74, 6) is -0.505. The monoisotopic (exact) mass is 344 g/mol. The van der Waals surface area contributed by atoms with Gasteiger partial charge in [0.25, 0.3) is 5.91 Å². The molecule has 6 heteroatoms. The quantitative estimate of drug-likeness (QED) is 0.844. The first-order chi connectivity index (χ1) is 11.9. The summed E-state index contributed by atoms with van der Waals surface area (Å²) in [6.45, 7) is 3.83. The number of nitrogens with one attached hydrogen (secondary N) is 2. The van der Waals surface area contributed by atoms with Crippen molar-refractivity contribution in [2.75, 3.05) is 12.4 Å². The van der Waals surface area contributed by atoms with E-state index >= 15 is 0 Å². The third kappa shape index (κ3) is 5.04. The Bertz CT molecular complexity index is 758. The van der Waals surface area contributed by atoms with Gasteiger partial charge in [0.05, 0.1) is 12.8 Å². The number of carbonyl (C=O) groups excluding carboxylic acids is 2. The van der Waals surface area contributed by atoms with Gasteiger partial charge in [0.1, 0.15) is 11.6 Å². The topological polar surface area (TPSA) is 67.4 Å². The van der Waals surface area contributed by atoms with Crippen LogP contribution in [0.5, 0.6) is 5.75 Å². The van der Waals surface area contributed by atoms with E-state index in [-0.39, 0.29) is 30.1 Å². The van der Waals surface area contributed by atoms with E-state index in [1.54, 1.807) is 44.2 Å². The van der Waals surface area contributed by atoms with Crippen molar-refractivity contribution in [3.05, 3.63) is 59.4 Å². The summed E-state index contributed by atoms with van der Waals surface area (Å²) >= 11 is 0. The first kappa shape index (κ1) is 18.4. The molecule has 0 unspecified atom stereocenters. The highest BCUT2D eigenvalue weighted by molar-refractivity contribution is 5.98. The SMILES string of the molecule is COc1ccc(C(=O)NCc2ccc(F)cc2)cc1NC(=O)C(C)C. The normalized spacial score (nSPS) is 10.4. The zero-order valence-electron chi connectivity index (χ0n) is 14.4. The number of hydrogen-bond donors (Lipinski definition) is 2. The van der Waals surface area contributed by atoms with Gasteiger partial charge < -0.3 is 15.4 Å². The first-order valence-electron chi connectivity index (χ1n) is 7.92. The number of carbonyl (C=O) groups is 2. The molecule has 0 fully saturated rings. The van der Waals surface area contributed by atoms with Gasteiger partial charge in [-0.25, -0.2) is 4.39 Å². The molecule has 5 nitrogen and oxygen atoms in total. The van der Waals surface area contributed by atoms with E-state index in [9.17, 15) is 14.0 Å². The average Bonchev–Trinajstić information content (AvgIpc) is 2.60. The van der Waals surface area contributed by atoms with Crippen LogP contribution < -0.4 is 15.4 Å². The molecule has 0 aliphatic carbocycles. The highest BCUT2D eigenvalue weighted by Crippen LogP contribution is 2.26. The van der Waals surface area contributed by atoms with Gasteiger partial charge in [-0.05, 0) is 35.9 Å². The number of rotatable bonds is 6. The van der Waals surface area contributed by atoms with Crippen LogP contribution in [-0.4, -0.2) is 18.9 Å². The zero-order valence-corrected chi connectivity index (χ0v) is 14.4. The van der Waals surface area contributed by atoms with Crippen molar-refractivity contribution in [1.82, 2.24) is 5.32 Å². The summed E-state index contributed by atoms with van der Waals surface area (Å²) in [5, 5.41) is 5.51. The summed E-state index contributed by atoms with van der Waals surface area (Å²) in [6, 6.07) is 10.7. The number of anilines is 1. The number of halogens is 1. The van der Waals surface area contributed by atoms with E-state index in [1.807, 2.05) is 0 Å². The Balaban J connectivity index is 2.10. The van der Waals surface area contributed by atoms with E-state index in [0.29, 0.717) is 17.0 Å². The number of ether oxygens (including phenoxy) is 1. The third-order valence-electron chi connectivity index (χ3n) is 3.61. The molecule has 2 aromatic carbocycles. The fraction of sp³-hybridized carbons (Fsp3) is 0.263. The zero-order chi connectivity index (χ0) is 18.4. The molecule has 132 valence electrons. The van der Waals surface area contributed by atoms with Gasteiger partial charge in [0.15, 0.2) is 0 Å². The molecule has 0 spiro atoms. The lowest BCUT2D eigenvalue weighted by Crippen LogP contribution is -2.23. The Kier molecular flexibility index (Phi) is 6.11. The minimum Gasteiger partial charge on any atom is -0.495 e. The van der Waals surface area contributed by atoms with Crippen LogP contribution in [0.2, 0.25) is 0 Å². The summed E-state index contributed by atoms with van der Waals surface area (Å²) in [4.78, 5) is 24.2. The predicted molar refractivity (Wildman–Crippen MR) is 94.0 cm³/mol. The van der Waals surface area contributed by atoms with Crippen LogP contribution >= 0.6 is 0 Å². The smallest absolute Gasteiger partial charge is 0.251 e. The van der Waals surface area contributed by atoms with Gasteiger partial charge in [0.2, 0.25) is 5.91 Å². The minimum absolute atomic E-state index is 0.165. The molecule has 2 amide bonds. The van der Waals surface area contributed by atoms with Crippen molar-refractivity contribution in [2.45, 2.75) is 20.4 Å². The highest BCUT2D eigenvalue weighted by Gasteiger charge is 2.14. The fourth-order valence-corrected chi connectivity index (χ4v) is 2.11. The van der Waals surface area contributed by atoms with E-state index in [4.69, 9.17) is 4.74 Å². The molecule has 0 aliphatic rings. The maximum atomic E-state index is 12.9. The maximum Gasteiger partial charge on any atom is 0.251 e. The van der Waals surface area contributed by atoms with Crippen molar-refractivity contribution in [2.24, 2.45) is 5.92 Å². The Morgan fingerprint density at radius 2 is 1.80 bits per heavy atom. The molecule has 0 bridgehead atoms. The lowest BCUT2D eigenvalue weighted by atomic mass is 10.1. The summed E-state index contributed by atoms with van der Waals surface area (Å²) in [5.41, 5.74) is 1.62. The van der Waals surface area contributed by atoms with Crippen LogP contribution in [0.25, 0.3) is 0 Å². The molecule has 0 saturated heterocycles. The van der Waals surface area contributed by atoms with Crippen molar-refractivity contribution in [3.63, 3.8) is 0 Å². The first-order valence-corrected chi connectivity index (χ1v) is 7.92. The number of benzene rings is 2. The Morgan fingerprint density at radius 3 is 2.40 bits per heavy atom. The molecule has 2 aromatic rings. The molecule has 2 N–H and O–H groups in total. The Hall–Kier alpha value is -2.89. The van der Waals surface area contributed by atoms with Gasteiger partial charge in [-0.3, -0.25) is 9.59 Å². The standard InChI is InChI=1S/C19H21FN2O3/c1-12(2)18(23)22-16-10-14(6-9-17(16)25-3)19(24)21-11-13-4-7-15(20)8-5-13/h4-10,12H,11H2,1-3H3,(H,21,24)(H,22,23). The van der Waals surface area contributed by atoms with Crippen LogP contribution in [0.4, 0.5) is 10.1 Å². The maximum absolute atomic E-state index is 12.9. The van der Waals surface area contributed by atoms with Crippen molar-refractivity contribution >= 4 is 17.5 Å². The molecule has 25 heavy (non-hydrogen) atoms. The molecule has 0 saturated carbocycles. The minimum atomic E-state index is -0.323. The molecule has 2 rings (SSSR count). The molecular formula is C19H21FN2O3. The Labute approximate surface area is 146 Å². The average molecular weight is 344 g/mol. The summed E-state index contributed by atoms with van der Waals surface area (Å²) < 4.78 is 18.1. The number of methoxy groups -OCH3 is 1. The van der Waals surface area contributed by atoms with Crippen LogP contribution in [0.3, 0.4) is 0 Å². The predicted octanol–water partition coefficient (Wildman–Crippen LogP) is 3.36. The molecule has 0 atom stereocenters. The van der Waals surface area contributed by atoms with Crippen molar-refractivity contribution in [3.8, 4) is 5.75 Å². The molecular weight excluding hydrogens is 323 g/mol. The summed E-state index contributed by atoms with van der Waals surface area (Å²) in [6.07, 6.45) is 0. The van der Waals surface area contributed by atoms with E-state index < -0.39 is 0 Å². The molecule has 0 aromatic heterocycles. The Morgan fingerprint density at radius 1 is 1.12 bits per heavy atom. The molecule has 0 radical (unpaired) electrons. The van der Waals surface area contributed by atoms with Crippen molar-refractivity contribution in [1.29, 1.82) is 0 Å². The fourth-order valence-electron chi connectivity index (χ4n) is 2.11. The summed E-state index contributed by atoms with van der Waals surface area (Å²) in [7, 11) is 1.49. The van der Waals surface area contributed by atoms with Crippen molar-refractivity contribution < 1.29 is 18.7 Å². The largest absolute Gasteiger partial charge is 0.495 e. The second-order valence-electron chi connectivity index (χ2n) is 5.87. The highest BCUT2D eigenvalue weighted by atomic mass is 19.1. The van der Waals surface area contributed by atoms with Gasteiger partial charge in [0, 0.05) is 18.0 Å². The second-order valence-corrected chi connectivity index (χ2v) is 5.87. The third-order valence-corrected chi connectivity index (χ3v) is 3.61. The van der Waals surface area contributed by atoms with Gasteiger partial charge >= 0.3 is 0 Å². The van der Waals surface area contributed by atoms with Crippen LogP contribution in [0.1, 0.15) is 29.8 Å². The van der Waals surface area contributed by atoms with Crippen LogP contribution in [0, 0.1) is 11.7 Å². The van der Waals surface area contributed by atoms with E-state index in [2.05, 4.69) is 10.6 Å². The van der Waals surface area contributed by atoms with Gasteiger partial charge in [-0.1, -0.05) is 26.0 Å². The lowest BCUT2D eigenvalue weighted by Gasteiger charge is -2.13. The van der Waals surface area contributed by atoms with Gasteiger partial charge in [-0.15, -0.1) is 0 Å². The van der Waals surface area contributed by atoms with Crippen LogP contribution in [-0.2, 0) is 11.3 Å². The van der Waals surface area contributed by atoms with Crippen LogP contribution in [0.15, 0.2) is 42.5 Å². The van der Waals surface area contributed by atoms with Gasteiger partial charge in [-0.2, -0.15) is 0 Å². The number of hydrogen-bond acceptors (Lipinski definition) is 3. The van der Waals surface area contributed by atoms with E-state index in [0.717, 1.165) is 5.56 Å². The van der Waals surface area contributed by atoms with E-state index in [1.165, 1.54) is 19.2 Å². The number of amides is 2. The second kappa shape index (κ2) is 8.28. The molecule has 0 heterocycles. The lowest BCUT2D eigenvalue weighted by molar-refractivity contribution is -0.118. The molecule has 0 aliphatic heterocycles.